The van der Waals surface area contributed by atoms with E-state index in [4.69, 9.17) is 11.2 Å². The Labute approximate surface area is 153 Å². The topological polar surface area (TPSA) is 42.4 Å². The second kappa shape index (κ2) is 8.17. The van der Waals surface area contributed by atoms with Crippen molar-refractivity contribution in [3.63, 3.8) is 0 Å². The third-order valence-electron chi connectivity index (χ3n) is 4.09. The number of benzene rings is 2. The van der Waals surface area contributed by atoms with Crippen LogP contribution in [0.3, 0.4) is 0 Å². The number of terminal acetylenes is 1. The molecule has 3 aromatic rings. The van der Waals surface area contributed by atoms with E-state index in [0.717, 1.165) is 28.8 Å². The maximum absolute atomic E-state index is 12.8. The Hall–Kier alpha value is -3.32. The van der Waals surface area contributed by atoms with Crippen molar-refractivity contribution in [1.82, 2.24) is 4.98 Å². The van der Waals surface area contributed by atoms with Gasteiger partial charge in [0.1, 0.15) is 5.75 Å². The number of carbonyl (C=O) groups is 1. The SMILES string of the molecule is C#CCCCOc1cccc(N(C)C(=O)c2ccc3ncccc3c2)c1. The second-order valence-electron chi connectivity index (χ2n) is 5.93. The van der Waals surface area contributed by atoms with E-state index in [9.17, 15) is 4.79 Å². The first-order chi connectivity index (χ1) is 12.7. The molecule has 0 radical (unpaired) electrons. The van der Waals surface area contributed by atoms with Gasteiger partial charge in [-0.15, -0.1) is 12.3 Å². The van der Waals surface area contributed by atoms with E-state index in [1.54, 1.807) is 24.2 Å². The fourth-order valence-corrected chi connectivity index (χ4v) is 2.67. The Bertz CT molecular complexity index is 960. The van der Waals surface area contributed by atoms with Crippen LogP contribution in [0.4, 0.5) is 5.69 Å². The van der Waals surface area contributed by atoms with Crippen molar-refractivity contribution in [3.05, 3.63) is 66.4 Å². The molecule has 0 saturated carbocycles. The van der Waals surface area contributed by atoms with Crippen LogP contribution < -0.4 is 9.64 Å². The zero-order chi connectivity index (χ0) is 18.4. The zero-order valence-electron chi connectivity index (χ0n) is 14.7. The van der Waals surface area contributed by atoms with E-state index < -0.39 is 0 Å². The molecule has 0 fully saturated rings. The number of ether oxygens (including phenoxy) is 1. The molecule has 1 amide bonds. The summed E-state index contributed by atoms with van der Waals surface area (Å²) in [5, 5.41) is 0.942. The van der Waals surface area contributed by atoms with Crippen molar-refractivity contribution in [1.29, 1.82) is 0 Å². The van der Waals surface area contributed by atoms with E-state index in [0.29, 0.717) is 18.6 Å². The Morgan fingerprint density at radius 3 is 2.92 bits per heavy atom. The van der Waals surface area contributed by atoms with Crippen LogP contribution in [0.2, 0.25) is 0 Å². The van der Waals surface area contributed by atoms with Crippen molar-refractivity contribution in [2.75, 3.05) is 18.6 Å². The van der Waals surface area contributed by atoms with Gasteiger partial charge in [-0.2, -0.15) is 0 Å². The quantitative estimate of drug-likeness (QED) is 0.494. The summed E-state index contributed by atoms with van der Waals surface area (Å²) in [6, 6.07) is 16.8. The normalized spacial score (nSPS) is 10.3. The third kappa shape index (κ3) is 4.01. The minimum Gasteiger partial charge on any atom is -0.493 e. The van der Waals surface area contributed by atoms with Gasteiger partial charge in [-0.25, -0.2) is 0 Å². The number of amides is 1. The smallest absolute Gasteiger partial charge is 0.258 e. The van der Waals surface area contributed by atoms with Gasteiger partial charge in [0.2, 0.25) is 0 Å². The molecule has 0 aliphatic heterocycles. The lowest BCUT2D eigenvalue weighted by Gasteiger charge is -2.18. The van der Waals surface area contributed by atoms with Gasteiger partial charge in [-0.1, -0.05) is 12.1 Å². The van der Waals surface area contributed by atoms with Crippen LogP contribution in [0.1, 0.15) is 23.2 Å². The predicted molar refractivity (Wildman–Crippen MR) is 104 cm³/mol. The lowest BCUT2D eigenvalue weighted by molar-refractivity contribution is 0.0993. The van der Waals surface area contributed by atoms with Gasteiger partial charge in [0.05, 0.1) is 12.1 Å². The Morgan fingerprint density at radius 1 is 1.19 bits per heavy atom. The molecule has 0 atom stereocenters. The summed E-state index contributed by atoms with van der Waals surface area (Å²) in [5.74, 6) is 3.23. The van der Waals surface area contributed by atoms with E-state index in [1.165, 1.54) is 0 Å². The highest BCUT2D eigenvalue weighted by Gasteiger charge is 2.14. The summed E-state index contributed by atoms with van der Waals surface area (Å²) >= 11 is 0. The monoisotopic (exact) mass is 344 g/mol. The number of hydrogen-bond donors (Lipinski definition) is 0. The molecular formula is C22H20N2O2. The van der Waals surface area contributed by atoms with Crippen molar-refractivity contribution in [2.45, 2.75) is 12.8 Å². The lowest BCUT2D eigenvalue weighted by Crippen LogP contribution is -2.26. The van der Waals surface area contributed by atoms with Gasteiger partial charge in [0.15, 0.2) is 0 Å². The molecule has 26 heavy (non-hydrogen) atoms. The molecule has 0 aliphatic rings. The molecule has 0 spiro atoms. The maximum Gasteiger partial charge on any atom is 0.258 e. The van der Waals surface area contributed by atoms with Crippen LogP contribution in [0.15, 0.2) is 60.8 Å². The largest absolute Gasteiger partial charge is 0.493 e. The highest BCUT2D eigenvalue weighted by Crippen LogP contribution is 2.23. The van der Waals surface area contributed by atoms with Crippen molar-refractivity contribution >= 4 is 22.5 Å². The van der Waals surface area contributed by atoms with Gasteiger partial charge in [0.25, 0.3) is 5.91 Å². The molecule has 0 N–H and O–H groups in total. The molecule has 0 bridgehead atoms. The summed E-state index contributed by atoms with van der Waals surface area (Å²) < 4.78 is 5.70. The first-order valence-electron chi connectivity index (χ1n) is 8.48. The molecule has 2 aromatic carbocycles. The number of rotatable bonds is 6. The average molecular weight is 344 g/mol. The number of anilines is 1. The highest BCUT2D eigenvalue weighted by molar-refractivity contribution is 6.07. The first-order valence-corrected chi connectivity index (χ1v) is 8.48. The highest BCUT2D eigenvalue weighted by atomic mass is 16.5. The summed E-state index contributed by atoms with van der Waals surface area (Å²) in [4.78, 5) is 18.7. The van der Waals surface area contributed by atoms with Crippen LogP contribution >= 0.6 is 0 Å². The molecule has 0 aliphatic carbocycles. The number of unbranched alkanes of at least 4 members (excludes halogenated alkanes) is 1. The Balaban J connectivity index is 1.76. The number of aromatic nitrogens is 1. The van der Waals surface area contributed by atoms with E-state index in [1.807, 2.05) is 48.5 Å². The fraction of sp³-hybridized carbons (Fsp3) is 0.182. The molecule has 130 valence electrons. The molecular weight excluding hydrogens is 324 g/mol. The first kappa shape index (κ1) is 17.5. The molecule has 1 aromatic heterocycles. The molecule has 0 saturated heterocycles. The number of hydrogen-bond acceptors (Lipinski definition) is 3. The number of carbonyl (C=O) groups excluding carboxylic acids is 1. The van der Waals surface area contributed by atoms with Crippen molar-refractivity contribution < 1.29 is 9.53 Å². The molecule has 4 nitrogen and oxygen atoms in total. The van der Waals surface area contributed by atoms with Crippen molar-refractivity contribution in [3.8, 4) is 18.1 Å². The van der Waals surface area contributed by atoms with Gasteiger partial charge >= 0.3 is 0 Å². The van der Waals surface area contributed by atoms with Crippen LogP contribution in [0, 0.1) is 12.3 Å². The van der Waals surface area contributed by atoms with E-state index in [2.05, 4.69) is 10.9 Å². The third-order valence-corrected chi connectivity index (χ3v) is 4.09. The fourth-order valence-electron chi connectivity index (χ4n) is 2.67. The minimum absolute atomic E-state index is 0.0831. The molecule has 1 heterocycles. The van der Waals surface area contributed by atoms with Gasteiger partial charge < -0.3 is 9.64 Å². The summed E-state index contributed by atoms with van der Waals surface area (Å²) in [5.41, 5.74) is 2.26. The summed E-state index contributed by atoms with van der Waals surface area (Å²) in [6.07, 6.45) is 8.48. The maximum atomic E-state index is 12.8. The summed E-state index contributed by atoms with van der Waals surface area (Å²) in [6.45, 7) is 0.559. The Kier molecular flexibility index (Phi) is 5.50. The van der Waals surface area contributed by atoms with Gasteiger partial charge in [0, 0.05) is 42.4 Å². The number of pyridine rings is 1. The van der Waals surface area contributed by atoms with Crippen molar-refractivity contribution in [2.24, 2.45) is 0 Å². The molecule has 0 unspecified atom stereocenters. The molecule has 4 heteroatoms. The van der Waals surface area contributed by atoms with Crippen LogP contribution in [-0.2, 0) is 0 Å². The van der Waals surface area contributed by atoms with E-state index >= 15 is 0 Å². The number of fused-ring (bicyclic) bond motifs is 1. The van der Waals surface area contributed by atoms with Crippen LogP contribution in [0.25, 0.3) is 10.9 Å². The second-order valence-corrected chi connectivity index (χ2v) is 5.93. The lowest BCUT2D eigenvalue weighted by atomic mass is 10.1. The zero-order valence-corrected chi connectivity index (χ0v) is 14.7. The minimum atomic E-state index is -0.0831. The average Bonchev–Trinajstić information content (AvgIpc) is 2.70. The Morgan fingerprint density at radius 2 is 2.08 bits per heavy atom. The van der Waals surface area contributed by atoms with E-state index in [-0.39, 0.29) is 5.91 Å². The molecule has 3 rings (SSSR count). The van der Waals surface area contributed by atoms with Crippen LogP contribution in [0.5, 0.6) is 5.75 Å². The standard InChI is InChI=1S/C22H20N2O2/c1-3-4-5-14-26-20-10-6-9-19(16-20)24(2)22(25)18-11-12-21-17(15-18)8-7-13-23-21/h1,6-13,15-16H,4-5,14H2,2H3. The van der Waals surface area contributed by atoms with Crippen LogP contribution in [-0.4, -0.2) is 24.5 Å². The number of nitrogens with zero attached hydrogens (tertiary/aromatic N) is 2. The predicted octanol–water partition coefficient (Wildman–Crippen LogP) is 4.30. The van der Waals surface area contributed by atoms with Gasteiger partial charge in [-0.3, -0.25) is 9.78 Å². The summed E-state index contributed by atoms with van der Waals surface area (Å²) in [7, 11) is 1.76. The van der Waals surface area contributed by atoms with Gasteiger partial charge in [-0.05, 0) is 42.8 Å².